The molecule has 0 radical (unpaired) electrons. The number of nitrogens with zero attached hydrogens (tertiary/aromatic N) is 1. The van der Waals surface area contributed by atoms with Crippen molar-refractivity contribution in [1.82, 2.24) is 0 Å². The number of nitrogen functional groups attached to an aromatic ring is 1. The molecule has 0 bridgehead atoms. The van der Waals surface area contributed by atoms with E-state index in [0.717, 1.165) is 28.3 Å². The van der Waals surface area contributed by atoms with Gasteiger partial charge in [-0.15, -0.1) is 0 Å². The Labute approximate surface area is 182 Å². The highest BCUT2D eigenvalue weighted by Crippen LogP contribution is 2.38. The molecule has 154 valence electrons. The molecular weight excluding hydrogens is 384 g/mol. The lowest BCUT2D eigenvalue weighted by Crippen LogP contribution is -2.21. The Morgan fingerprint density at radius 2 is 1.32 bits per heavy atom. The number of amides is 2. The fourth-order valence-corrected chi connectivity index (χ4v) is 3.32. The number of para-hydroxylation sites is 3. The normalized spacial score (nSPS) is 10.4. The van der Waals surface area contributed by atoms with Gasteiger partial charge in [-0.3, -0.25) is 0 Å². The summed E-state index contributed by atoms with van der Waals surface area (Å²) in [5.74, 6) is 0. The van der Waals surface area contributed by atoms with Crippen LogP contribution in [0.25, 0.3) is 0 Å². The molecule has 0 saturated carbocycles. The van der Waals surface area contributed by atoms with E-state index in [1.165, 1.54) is 0 Å². The van der Waals surface area contributed by atoms with Crippen LogP contribution in [-0.2, 0) is 0 Å². The number of aryl methyl sites for hydroxylation is 1. The average Bonchev–Trinajstić information content (AvgIpc) is 2.79. The quantitative estimate of drug-likeness (QED) is 0.322. The molecule has 4 rings (SSSR count). The van der Waals surface area contributed by atoms with Gasteiger partial charge in [0.15, 0.2) is 0 Å². The van der Waals surface area contributed by atoms with Gasteiger partial charge < -0.3 is 21.3 Å². The van der Waals surface area contributed by atoms with Crippen molar-refractivity contribution < 1.29 is 4.79 Å². The van der Waals surface area contributed by atoms with E-state index in [2.05, 4.69) is 15.5 Å². The van der Waals surface area contributed by atoms with E-state index in [4.69, 9.17) is 5.73 Å². The lowest BCUT2D eigenvalue weighted by atomic mass is 10.1. The molecule has 0 spiro atoms. The van der Waals surface area contributed by atoms with Gasteiger partial charge in [-0.25, -0.2) is 4.79 Å². The Bertz CT molecular complexity index is 1160. The number of hydrogen-bond donors (Lipinski definition) is 3. The summed E-state index contributed by atoms with van der Waals surface area (Å²) in [6.45, 7) is 2.01. The summed E-state index contributed by atoms with van der Waals surface area (Å²) < 4.78 is 0. The maximum absolute atomic E-state index is 12.7. The number of rotatable bonds is 5. The molecule has 0 atom stereocenters. The highest BCUT2D eigenvalue weighted by Gasteiger charge is 2.17. The highest BCUT2D eigenvalue weighted by molar-refractivity contribution is 6.03. The summed E-state index contributed by atoms with van der Waals surface area (Å²) in [7, 11) is 0. The molecule has 0 aliphatic carbocycles. The molecule has 0 saturated heterocycles. The maximum atomic E-state index is 12.7. The Kier molecular flexibility index (Phi) is 5.85. The largest absolute Gasteiger partial charge is 0.399 e. The molecule has 31 heavy (non-hydrogen) atoms. The van der Waals surface area contributed by atoms with Gasteiger partial charge in [-0.1, -0.05) is 48.0 Å². The van der Waals surface area contributed by atoms with Gasteiger partial charge in [-0.2, -0.15) is 0 Å². The highest BCUT2D eigenvalue weighted by atomic mass is 16.2. The van der Waals surface area contributed by atoms with Gasteiger partial charge in [0.2, 0.25) is 0 Å². The second-order valence-electron chi connectivity index (χ2n) is 7.22. The van der Waals surface area contributed by atoms with Gasteiger partial charge in [0.25, 0.3) is 0 Å². The van der Waals surface area contributed by atoms with E-state index >= 15 is 0 Å². The van der Waals surface area contributed by atoms with Crippen LogP contribution in [0.2, 0.25) is 0 Å². The summed E-state index contributed by atoms with van der Waals surface area (Å²) in [5, 5.41) is 5.87. The van der Waals surface area contributed by atoms with Crippen molar-refractivity contribution in [2.75, 3.05) is 21.3 Å². The van der Waals surface area contributed by atoms with E-state index in [9.17, 15) is 4.79 Å². The molecule has 4 N–H and O–H groups in total. The standard InChI is InChI=1S/C26H24N4O/c1-19-11-15-21(16-12-19)28-26(31)29-24-9-5-6-10-25(24)30(22-7-3-2-4-8-22)23-17-13-20(27)14-18-23/h2-18H,27H2,1H3,(H2,28,29,31). The smallest absolute Gasteiger partial charge is 0.323 e. The first-order chi connectivity index (χ1) is 15.1. The molecule has 0 aliphatic heterocycles. The predicted octanol–water partition coefficient (Wildman–Crippen LogP) is 6.69. The molecule has 2 amide bonds. The lowest BCUT2D eigenvalue weighted by Gasteiger charge is -2.27. The second kappa shape index (κ2) is 9.05. The van der Waals surface area contributed by atoms with E-state index in [0.29, 0.717) is 11.4 Å². The molecule has 0 heterocycles. The van der Waals surface area contributed by atoms with Crippen LogP contribution >= 0.6 is 0 Å². The lowest BCUT2D eigenvalue weighted by molar-refractivity contribution is 0.262. The average molecular weight is 409 g/mol. The molecule has 0 aliphatic rings. The SMILES string of the molecule is Cc1ccc(NC(=O)Nc2ccccc2N(c2ccccc2)c2ccc(N)cc2)cc1. The molecule has 0 aromatic heterocycles. The minimum Gasteiger partial charge on any atom is -0.399 e. The van der Waals surface area contributed by atoms with Crippen molar-refractivity contribution in [2.24, 2.45) is 0 Å². The zero-order chi connectivity index (χ0) is 21.6. The zero-order valence-corrected chi connectivity index (χ0v) is 17.2. The van der Waals surface area contributed by atoms with E-state index in [1.54, 1.807) is 0 Å². The van der Waals surface area contributed by atoms with Crippen molar-refractivity contribution in [2.45, 2.75) is 6.92 Å². The Hall–Kier alpha value is -4.25. The number of hydrogen-bond acceptors (Lipinski definition) is 3. The van der Waals surface area contributed by atoms with Crippen LogP contribution in [0.1, 0.15) is 5.56 Å². The number of carbonyl (C=O) groups is 1. The van der Waals surface area contributed by atoms with Crippen LogP contribution in [0.15, 0.2) is 103 Å². The van der Waals surface area contributed by atoms with Gasteiger partial charge in [0, 0.05) is 22.7 Å². The van der Waals surface area contributed by atoms with Gasteiger partial charge >= 0.3 is 6.03 Å². The number of nitrogens with two attached hydrogens (primary N) is 1. The summed E-state index contributed by atoms with van der Waals surface area (Å²) in [6.07, 6.45) is 0. The van der Waals surface area contributed by atoms with E-state index < -0.39 is 0 Å². The number of anilines is 6. The van der Waals surface area contributed by atoms with Crippen LogP contribution in [0.4, 0.5) is 38.9 Å². The monoisotopic (exact) mass is 408 g/mol. The van der Waals surface area contributed by atoms with Gasteiger partial charge in [0.1, 0.15) is 0 Å². The first kappa shape index (κ1) is 20.0. The second-order valence-corrected chi connectivity index (χ2v) is 7.22. The van der Waals surface area contributed by atoms with E-state index in [-0.39, 0.29) is 6.03 Å². The number of nitrogens with one attached hydrogen (secondary N) is 2. The van der Waals surface area contributed by atoms with Gasteiger partial charge in [0.05, 0.1) is 11.4 Å². The van der Waals surface area contributed by atoms with Crippen LogP contribution < -0.4 is 21.3 Å². The Morgan fingerprint density at radius 1 is 0.710 bits per heavy atom. The molecule has 4 aromatic carbocycles. The third kappa shape index (κ3) is 4.85. The molecular formula is C26H24N4O. The van der Waals surface area contributed by atoms with Crippen LogP contribution in [0.5, 0.6) is 0 Å². The van der Waals surface area contributed by atoms with Crippen molar-refractivity contribution in [3.63, 3.8) is 0 Å². The molecule has 5 nitrogen and oxygen atoms in total. The van der Waals surface area contributed by atoms with Crippen LogP contribution in [-0.4, -0.2) is 6.03 Å². The van der Waals surface area contributed by atoms with Crippen molar-refractivity contribution in [3.05, 3.63) is 109 Å². The number of urea groups is 1. The number of carbonyl (C=O) groups excluding carboxylic acids is 1. The van der Waals surface area contributed by atoms with Crippen LogP contribution in [0.3, 0.4) is 0 Å². The first-order valence-corrected chi connectivity index (χ1v) is 10.0. The fourth-order valence-electron chi connectivity index (χ4n) is 3.32. The Balaban J connectivity index is 1.67. The zero-order valence-electron chi connectivity index (χ0n) is 17.2. The first-order valence-electron chi connectivity index (χ1n) is 10.0. The van der Waals surface area contributed by atoms with Crippen molar-refractivity contribution >= 4 is 40.2 Å². The molecule has 0 fully saturated rings. The molecule has 5 heteroatoms. The van der Waals surface area contributed by atoms with Gasteiger partial charge in [-0.05, 0) is 67.6 Å². The summed E-state index contributed by atoms with van der Waals surface area (Å²) in [4.78, 5) is 14.8. The predicted molar refractivity (Wildman–Crippen MR) is 129 cm³/mol. The minimum atomic E-state index is -0.304. The van der Waals surface area contributed by atoms with Crippen LogP contribution in [0, 0.1) is 6.92 Å². The summed E-state index contributed by atoms with van der Waals surface area (Å²) in [5.41, 5.74) is 11.9. The summed E-state index contributed by atoms with van der Waals surface area (Å²) >= 11 is 0. The Morgan fingerprint density at radius 3 is 2.03 bits per heavy atom. The minimum absolute atomic E-state index is 0.304. The van der Waals surface area contributed by atoms with E-state index in [1.807, 2.05) is 110 Å². The van der Waals surface area contributed by atoms with Crippen molar-refractivity contribution in [3.8, 4) is 0 Å². The maximum Gasteiger partial charge on any atom is 0.323 e. The third-order valence-corrected chi connectivity index (χ3v) is 4.87. The summed E-state index contributed by atoms with van der Waals surface area (Å²) in [6, 6.07) is 32.8. The van der Waals surface area contributed by atoms with Crippen molar-refractivity contribution in [1.29, 1.82) is 0 Å². The molecule has 4 aromatic rings. The number of benzene rings is 4. The molecule has 0 unspecified atom stereocenters. The fraction of sp³-hybridized carbons (Fsp3) is 0.0385. The topological polar surface area (TPSA) is 70.4 Å². The third-order valence-electron chi connectivity index (χ3n) is 4.87.